The number of hydrogen-bond donors (Lipinski definition) is 0. The van der Waals surface area contributed by atoms with Crippen molar-refractivity contribution in [3.63, 3.8) is 0 Å². The van der Waals surface area contributed by atoms with E-state index in [-0.39, 0.29) is 0 Å². The third-order valence-corrected chi connectivity index (χ3v) is 2.81. The summed E-state index contributed by atoms with van der Waals surface area (Å²) in [5.74, 6) is 0. The van der Waals surface area contributed by atoms with Crippen LogP contribution in [0.1, 0.15) is 18.3 Å². The van der Waals surface area contributed by atoms with Crippen LogP contribution in [0.4, 0.5) is 0 Å². The standard InChI is InChI=1S/C10H9N3S/c1-2-8-3-4-9(7-11)13(8)10-12-5-6-14-10/h3-6H,2H2,1H3. The summed E-state index contributed by atoms with van der Waals surface area (Å²) in [4.78, 5) is 4.21. The molecule has 2 heterocycles. The number of rotatable bonds is 2. The molecule has 0 aliphatic heterocycles. The molecule has 0 radical (unpaired) electrons. The molecule has 70 valence electrons. The Balaban J connectivity index is 2.61. The molecule has 2 aromatic heterocycles. The fraction of sp³-hybridized carbons (Fsp3) is 0.200. The van der Waals surface area contributed by atoms with Crippen LogP contribution in [0.5, 0.6) is 0 Å². The number of nitriles is 1. The maximum atomic E-state index is 8.93. The average molecular weight is 203 g/mol. The minimum atomic E-state index is 0.650. The normalized spacial score (nSPS) is 10.0. The van der Waals surface area contributed by atoms with E-state index in [2.05, 4.69) is 18.0 Å². The van der Waals surface area contributed by atoms with Crippen molar-refractivity contribution in [2.24, 2.45) is 0 Å². The van der Waals surface area contributed by atoms with Crippen LogP contribution in [-0.2, 0) is 6.42 Å². The largest absolute Gasteiger partial charge is 0.281 e. The molecule has 0 aromatic carbocycles. The Morgan fingerprint density at radius 1 is 1.57 bits per heavy atom. The molecule has 0 aliphatic carbocycles. The molecule has 0 fully saturated rings. The summed E-state index contributed by atoms with van der Waals surface area (Å²) in [6, 6.07) is 5.97. The average Bonchev–Trinajstić information content (AvgIpc) is 2.85. The van der Waals surface area contributed by atoms with E-state index in [9.17, 15) is 0 Å². The monoisotopic (exact) mass is 203 g/mol. The Kier molecular flexibility index (Phi) is 2.33. The van der Waals surface area contributed by atoms with Gasteiger partial charge in [-0.25, -0.2) is 4.98 Å². The molecule has 2 aromatic rings. The molecule has 0 amide bonds. The van der Waals surface area contributed by atoms with Crippen LogP contribution in [0.25, 0.3) is 5.13 Å². The predicted octanol–water partition coefficient (Wildman–Crippen LogP) is 2.37. The lowest BCUT2D eigenvalue weighted by Crippen LogP contribution is -2.00. The molecule has 4 heteroatoms. The predicted molar refractivity (Wildman–Crippen MR) is 55.5 cm³/mol. The van der Waals surface area contributed by atoms with E-state index >= 15 is 0 Å². The second-order valence-electron chi connectivity index (χ2n) is 2.83. The maximum absolute atomic E-state index is 8.93. The summed E-state index contributed by atoms with van der Waals surface area (Å²) in [5.41, 5.74) is 1.77. The summed E-state index contributed by atoms with van der Waals surface area (Å²) < 4.78 is 1.91. The molecule has 2 rings (SSSR count). The van der Waals surface area contributed by atoms with Crippen LogP contribution in [0, 0.1) is 11.3 Å². The van der Waals surface area contributed by atoms with Crippen molar-refractivity contribution in [2.75, 3.05) is 0 Å². The van der Waals surface area contributed by atoms with Crippen molar-refractivity contribution in [1.29, 1.82) is 5.26 Å². The van der Waals surface area contributed by atoms with Gasteiger partial charge in [-0.3, -0.25) is 4.57 Å². The smallest absolute Gasteiger partial charge is 0.194 e. The summed E-state index contributed by atoms with van der Waals surface area (Å²) in [5, 5.41) is 11.7. The number of aryl methyl sites for hydroxylation is 1. The van der Waals surface area contributed by atoms with Crippen molar-refractivity contribution >= 4 is 11.3 Å². The first kappa shape index (κ1) is 8.97. The molecule has 0 aliphatic rings. The van der Waals surface area contributed by atoms with Crippen LogP contribution < -0.4 is 0 Å². The highest BCUT2D eigenvalue weighted by Crippen LogP contribution is 2.18. The van der Waals surface area contributed by atoms with Crippen molar-refractivity contribution in [3.05, 3.63) is 35.1 Å². The van der Waals surface area contributed by atoms with E-state index in [1.807, 2.05) is 22.1 Å². The van der Waals surface area contributed by atoms with E-state index in [0.717, 1.165) is 17.2 Å². The van der Waals surface area contributed by atoms with Crippen LogP contribution in [0.3, 0.4) is 0 Å². The molecule has 0 atom stereocenters. The Bertz CT molecular complexity index is 462. The first-order valence-electron chi connectivity index (χ1n) is 4.37. The van der Waals surface area contributed by atoms with Gasteiger partial charge in [0.15, 0.2) is 5.13 Å². The molecule has 0 spiro atoms. The van der Waals surface area contributed by atoms with Gasteiger partial charge in [0.1, 0.15) is 11.8 Å². The summed E-state index contributed by atoms with van der Waals surface area (Å²) in [6.45, 7) is 2.07. The van der Waals surface area contributed by atoms with Gasteiger partial charge in [-0.1, -0.05) is 6.92 Å². The number of hydrogen-bond acceptors (Lipinski definition) is 3. The van der Waals surface area contributed by atoms with Gasteiger partial charge in [0, 0.05) is 17.3 Å². The van der Waals surface area contributed by atoms with Gasteiger partial charge < -0.3 is 0 Å². The summed E-state index contributed by atoms with van der Waals surface area (Å²) in [6.07, 6.45) is 2.65. The van der Waals surface area contributed by atoms with Crippen LogP contribution >= 0.6 is 11.3 Å². The van der Waals surface area contributed by atoms with Crippen LogP contribution in [0.15, 0.2) is 23.7 Å². The Morgan fingerprint density at radius 3 is 3.00 bits per heavy atom. The molecular weight excluding hydrogens is 194 g/mol. The lowest BCUT2D eigenvalue weighted by molar-refractivity contribution is 0.914. The van der Waals surface area contributed by atoms with Crippen molar-refractivity contribution in [3.8, 4) is 11.2 Å². The fourth-order valence-corrected chi connectivity index (χ4v) is 2.08. The zero-order valence-electron chi connectivity index (χ0n) is 7.77. The highest BCUT2D eigenvalue weighted by molar-refractivity contribution is 7.12. The van der Waals surface area contributed by atoms with E-state index < -0.39 is 0 Å². The maximum Gasteiger partial charge on any atom is 0.194 e. The SMILES string of the molecule is CCc1ccc(C#N)n1-c1nccs1. The zero-order chi connectivity index (χ0) is 9.97. The first-order valence-corrected chi connectivity index (χ1v) is 5.25. The Labute approximate surface area is 86.3 Å². The molecule has 14 heavy (non-hydrogen) atoms. The van der Waals surface area contributed by atoms with E-state index in [4.69, 9.17) is 5.26 Å². The van der Waals surface area contributed by atoms with Crippen molar-refractivity contribution < 1.29 is 0 Å². The lowest BCUT2D eigenvalue weighted by Gasteiger charge is -2.03. The zero-order valence-corrected chi connectivity index (χ0v) is 8.58. The van der Waals surface area contributed by atoms with E-state index in [1.165, 1.54) is 0 Å². The third-order valence-electron chi connectivity index (χ3n) is 2.05. The molecule has 0 saturated carbocycles. The van der Waals surface area contributed by atoms with Gasteiger partial charge in [0.2, 0.25) is 0 Å². The van der Waals surface area contributed by atoms with Crippen molar-refractivity contribution in [2.45, 2.75) is 13.3 Å². The molecule has 3 nitrogen and oxygen atoms in total. The van der Waals surface area contributed by atoms with Gasteiger partial charge in [0.25, 0.3) is 0 Å². The van der Waals surface area contributed by atoms with E-state index in [0.29, 0.717) is 5.69 Å². The molecule has 0 N–H and O–H groups in total. The minimum absolute atomic E-state index is 0.650. The molecule has 0 unspecified atom stereocenters. The van der Waals surface area contributed by atoms with Gasteiger partial charge in [-0.2, -0.15) is 5.26 Å². The first-order chi connectivity index (χ1) is 6.86. The van der Waals surface area contributed by atoms with Gasteiger partial charge in [0.05, 0.1) is 0 Å². The quantitative estimate of drug-likeness (QED) is 0.751. The molecular formula is C10H9N3S. The second-order valence-corrected chi connectivity index (χ2v) is 3.70. The molecule has 0 saturated heterocycles. The Morgan fingerprint density at radius 2 is 2.43 bits per heavy atom. The van der Waals surface area contributed by atoms with Gasteiger partial charge in [-0.15, -0.1) is 11.3 Å². The minimum Gasteiger partial charge on any atom is -0.281 e. The van der Waals surface area contributed by atoms with Gasteiger partial charge >= 0.3 is 0 Å². The lowest BCUT2D eigenvalue weighted by atomic mass is 10.3. The van der Waals surface area contributed by atoms with Crippen LogP contribution in [0.2, 0.25) is 0 Å². The fourth-order valence-electron chi connectivity index (χ4n) is 1.39. The number of nitrogens with zero attached hydrogens (tertiary/aromatic N) is 3. The number of aromatic nitrogens is 2. The third kappa shape index (κ3) is 1.32. The second kappa shape index (κ2) is 3.64. The highest BCUT2D eigenvalue weighted by Gasteiger charge is 2.09. The number of thiazole rings is 1. The Hall–Kier alpha value is -1.60. The summed E-state index contributed by atoms with van der Waals surface area (Å²) in [7, 11) is 0. The highest BCUT2D eigenvalue weighted by atomic mass is 32.1. The van der Waals surface area contributed by atoms with Crippen molar-refractivity contribution in [1.82, 2.24) is 9.55 Å². The molecule has 0 bridgehead atoms. The topological polar surface area (TPSA) is 41.6 Å². The summed E-state index contributed by atoms with van der Waals surface area (Å²) >= 11 is 1.54. The van der Waals surface area contributed by atoms with E-state index in [1.54, 1.807) is 17.5 Å². The van der Waals surface area contributed by atoms with Gasteiger partial charge in [-0.05, 0) is 18.6 Å². The van der Waals surface area contributed by atoms with Crippen LogP contribution in [-0.4, -0.2) is 9.55 Å².